The van der Waals surface area contributed by atoms with Crippen LogP contribution >= 0.6 is 0 Å². The first-order valence-corrected chi connectivity index (χ1v) is 18.7. The van der Waals surface area contributed by atoms with Crippen molar-refractivity contribution in [3.05, 3.63) is 0 Å². The van der Waals surface area contributed by atoms with E-state index >= 15 is 0 Å². The number of hydrogen-bond donors (Lipinski definition) is 5. The highest BCUT2D eigenvalue weighted by Gasteiger charge is 2.35. The zero-order valence-electron chi connectivity index (χ0n) is 33.5. The second kappa shape index (κ2) is 21.6. The number of aliphatic hydroxyl groups is 3. The average molecular weight is 761 g/mol. The molecule has 0 saturated carbocycles. The molecule has 0 aromatic heterocycles. The molecule has 0 bridgehead atoms. The molecule has 0 aromatic carbocycles. The molecule has 2 fully saturated rings. The SMILES string of the molecule is CC(C)(C)OC(=O)CN1CCN(CC(=O)NCCNCC2O[C@@H](O)C(O)C[C@@H]2O)CCN(CC(=O)OC(C)(C)C)CCN(CC(=O)OC(C)(C)C)CC1. The van der Waals surface area contributed by atoms with Gasteiger partial charge in [0.05, 0.1) is 38.4 Å². The predicted molar refractivity (Wildman–Crippen MR) is 197 cm³/mol. The molecule has 0 aromatic rings. The predicted octanol–water partition coefficient (Wildman–Crippen LogP) is -1.23. The molecule has 0 spiro atoms. The summed E-state index contributed by atoms with van der Waals surface area (Å²) in [5.41, 5.74) is -1.96. The molecule has 17 nitrogen and oxygen atoms in total. The van der Waals surface area contributed by atoms with Gasteiger partial charge in [0.2, 0.25) is 5.91 Å². The number of amides is 1. The van der Waals surface area contributed by atoms with Crippen molar-refractivity contribution in [3.8, 4) is 0 Å². The van der Waals surface area contributed by atoms with Crippen LogP contribution in [0.25, 0.3) is 0 Å². The lowest BCUT2D eigenvalue weighted by atomic mass is 10.0. The van der Waals surface area contributed by atoms with Crippen LogP contribution in [0.1, 0.15) is 68.7 Å². The van der Waals surface area contributed by atoms with Gasteiger partial charge in [-0.3, -0.25) is 38.8 Å². The highest BCUT2D eigenvalue weighted by atomic mass is 16.6. The molecule has 2 heterocycles. The maximum Gasteiger partial charge on any atom is 0.320 e. The summed E-state index contributed by atoms with van der Waals surface area (Å²) in [6, 6.07) is 0. The number of carbonyl (C=O) groups is 4. The Kier molecular flexibility index (Phi) is 19.0. The third-order valence-electron chi connectivity index (χ3n) is 8.14. The molecule has 2 aliphatic rings. The molecular formula is C36H68N6O11. The van der Waals surface area contributed by atoms with Crippen LogP contribution in [0.4, 0.5) is 0 Å². The number of nitrogens with zero attached hydrogens (tertiary/aromatic N) is 4. The Balaban J connectivity index is 2.13. The van der Waals surface area contributed by atoms with Crippen molar-refractivity contribution < 1.29 is 53.4 Å². The van der Waals surface area contributed by atoms with Gasteiger partial charge in [0.1, 0.15) is 22.9 Å². The molecule has 5 N–H and O–H groups in total. The first-order chi connectivity index (χ1) is 24.5. The Bertz CT molecular complexity index is 1110. The van der Waals surface area contributed by atoms with Gasteiger partial charge in [-0.05, 0) is 62.3 Å². The third kappa shape index (κ3) is 21.3. The highest BCUT2D eigenvalue weighted by molar-refractivity contribution is 5.78. The van der Waals surface area contributed by atoms with Crippen molar-refractivity contribution in [2.75, 3.05) is 98.2 Å². The summed E-state index contributed by atoms with van der Waals surface area (Å²) in [5, 5.41) is 35.5. The summed E-state index contributed by atoms with van der Waals surface area (Å²) in [7, 11) is 0. The van der Waals surface area contributed by atoms with Crippen LogP contribution in [0.5, 0.6) is 0 Å². The highest BCUT2D eigenvalue weighted by Crippen LogP contribution is 2.18. The van der Waals surface area contributed by atoms with E-state index in [-0.39, 0.29) is 63.0 Å². The smallest absolute Gasteiger partial charge is 0.320 e. The minimum Gasteiger partial charge on any atom is -0.459 e. The first-order valence-electron chi connectivity index (χ1n) is 18.7. The molecule has 2 unspecified atom stereocenters. The fraction of sp³-hybridized carbons (Fsp3) is 0.889. The Hall–Kier alpha value is -2.48. The molecule has 17 heteroatoms. The van der Waals surface area contributed by atoms with Crippen LogP contribution in [0, 0.1) is 0 Å². The molecular weight excluding hydrogens is 692 g/mol. The van der Waals surface area contributed by atoms with E-state index in [2.05, 4.69) is 10.6 Å². The number of hydrogen-bond acceptors (Lipinski definition) is 16. The van der Waals surface area contributed by atoms with E-state index in [0.717, 1.165) is 0 Å². The van der Waals surface area contributed by atoms with E-state index in [9.17, 15) is 34.5 Å². The Morgan fingerprint density at radius 3 is 1.30 bits per heavy atom. The number of carbonyl (C=O) groups excluding carboxylic acids is 4. The molecule has 53 heavy (non-hydrogen) atoms. The van der Waals surface area contributed by atoms with E-state index in [1.54, 1.807) is 0 Å². The third-order valence-corrected chi connectivity index (χ3v) is 8.14. The maximum absolute atomic E-state index is 13.1. The van der Waals surface area contributed by atoms with Crippen LogP contribution in [0.15, 0.2) is 0 Å². The maximum atomic E-state index is 13.1. The van der Waals surface area contributed by atoms with Gasteiger partial charge in [-0.25, -0.2) is 0 Å². The number of nitrogens with one attached hydrogen (secondary N) is 2. The monoisotopic (exact) mass is 760 g/mol. The average Bonchev–Trinajstić information content (AvgIpc) is 2.97. The Morgan fingerprint density at radius 1 is 0.585 bits per heavy atom. The van der Waals surface area contributed by atoms with Gasteiger partial charge in [0.25, 0.3) is 0 Å². The standard InChI is InChI=1S/C36H68N6O11/c1-34(2,3)51-30(46)23-40-14-12-39(22-29(45)38-11-10-37-21-28-26(43)20-27(44)33(49)50-28)13-15-41(24-31(47)52-35(4,5)6)17-19-42(18-16-40)25-32(48)53-36(7,8)9/h26-28,33,37,43-44,49H,10-25H2,1-9H3,(H,38,45)/t26-,27?,28?,33+/m0/s1. The van der Waals surface area contributed by atoms with Crippen molar-refractivity contribution in [3.63, 3.8) is 0 Å². The van der Waals surface area contributed by atoms with E-state index in [4.69, 9.17) is 18.9 Å². The molecule has 0 radical (unpaired) electrons. The lowest BCUT2D eigenvalue weighted by Gasteiger charge is -2.34. The summed E-state index contributed by atoms with van der Waals surface area (Å²) < 4.78 is 22.1. The summed E-state index contributed by atoms with van der Waals surface area (Å²) in [6.45, 7) is 20.9. The van der Waals surface area contributed by atoms with Crippen LogP contribution in [0.2, 0.25) is 0 Å². The lowest BCUT2D eigenvalue weighted by Crippen LogP contribution is -2.51. The molecule has 2 rings (SSSR count). The quantitative estimate of drug-likeness (QED) is 0.0848. The second-order valence-electron chi connectivity index (χ2n) is 16.9. The van der Waals surface area contributed by atoms with Crippen molar-refractivity contribution >= 4 is 23.8 Å². The van der Waals surface area contributed by atoms with Gasteiger partial charge in [0, 0.05) is 78.4 Å². The normalized spacial score (nSPS) is 24.1. The number of aliphatic hydroxyl groups excluding tert-OH is 3. The zero-order valence-corrected chi connectivity index (χ0v) is 33.5. The molecule has 2 saturated heterocycles. The van der Waals surface area contributed by atoms with Crippen molar-refractivity contribution in [1.29, 1.82) is 0 Å². The fourth-order valence-corrected chi connectivity index (χ4v) is 5.73. The molecule has 308 valence electrons. The minimum absolute atomic E-state index is 0.00876. The number of esters is 3. The zero-order chi connectivity index (χ0) is 40.0. The first kappa shape index (κ1) is 46.7. The summed E-state index contributed by atoms with van der Waals surface area (Å²) >= 11 is 0. The lowest BCUT2D eigenvalue weighted by molar-refractivity contribution is -0.243. The second-order valence-corrected chi connectivity index (χ2v) is 16.9. The Labute approximate surface area is 315 Å². The summed E-state index contributed by atoms with van der Waals surface area (Å²) in [5.74, 6) is -1.33. The largest absolute Gasteiger partial charge is 0.459 e. The van der Waals surface area contributed by atoms with E-state index in [1.807, 2.05) is 81.9 Å². The molecule has 2 aliphatic heterocycles. The van der Waals surface area contributed by atoms with Crippen LogP contribution in [0.3, 0.4) is 0 Å². The number of rotatable bonds is 13. The fourth-order valence-electron chi connectivity index (χ4n) is 5.73. The molecule has 1 amide bonds. The summed E-state index contributed by atoms with van der Waals surface area (Å²) in [6.07, 6.45) is -4.11. The van der Waals surface area contributed by atoms with Gasteiger partial charge < -0.3 is 44.9 Å². The van der Waals surface area contributed by atoms with Crippen LogP contribution in [-0.4, -0.2) is 198 Å². The van der Waals surface area contributed by atoms with Crippen molar-refractivity contribution in [1.82, 2.24) is 30.2 Å². The van der Waals surface area contributed by atoms with Crippen molar-refractivity contribution in [2.24, 2.45) is 0 Å². The van der Waals surface area contributed by atoms with E-state index in [1.165, 1.54) is 0 Å². The summed E-state index contributed by atoms with van der Waals surface area (Å²) in [4.78, 5) is 59.7. The minimum atomic E-state index is -1.36. The van der Waals surface area contributed by atoms with E-state index in [0.29, 0.717) is 65.4 Å². The molecule has 4 atom stereocenters. The van der Waals surface area contributed by atoms with Gasteiger partial charge in [-0.1, -0.05) is 0 Å². The van der Waals surface area contributed by atoms with Gasteiger partial charge in [-0.15, -0.1) is 0 Å². The van der Waals surface area contributed by atoms with Crippen LogP contribution in [-0.2, 0) is 38.1 Å². The van der Waals surface area contributed by atoms with Gasteiger partial charge in [-0.2, -0.15) is 0 Å². The number of ether oxygens (including phenoxy) is 4. The van der Waals surface area contributed by atoms with Crippen LogP contribution < -0.4 is 10.6 Å². The van der Waals surface area contributed by atoms with Crippen molar-refractivity contribution in [2.45, 2.75) is 110 Å². The Morgan fingerprint density at radius 2 is 0.943 bits per heavy atom. The topological polar surface area (TPSA) is 203 Å². The van der Waals surface area contributed by atoms with E-state index < -0.39 is 41.4 Å². The van der Waals surface area contributed by atoms with Gasteiger partial charge >= 0.3 is 17.9 Å². The van der Waals surface area contributed by atoms with Gasteiger partial charge in [0.15, 0.2) is 6.29 Å². The molecule has 0 aliphatic carbocycles.